The Morgan fingerprint density at radius 1 is 1.00 bits per heavy atom. The number of fused-ring (bicyclic) bond motifs is 1. The first kappa shape index (κ1) is 19.8. The van der Waals surface area contributed by atoms with E-state index in [-0.39, 0.29) is 28.8 Å². The van der Waals surface area contributed by atoms with Gasteiger partial charge in [-0.15, -0.1) is 0 Å². The molecule has 0 bridgehead atoms. The number of halogens is 1. The summed E-state index contributed by atoms with van der Waals surface area (Å²) in [6.07, 6.45) is 0. The first-order chi connectivity index (χ1) is 14.5. The second-order valence-electron chi connectivity index (χ2n) is 7.06. The maximum Gasteiger partial charge on any atom is 0.258 e. The van der Waals surface area contributed by atoms with E-state index >= 15 is 0 Å². The van der Waals surface area contributed by atoms with Gasteiger partial charge in [0.05, 0.1) is 10.6 Å². The number of carbonyl (C=O) groups is 2. The van der Waals surface area contributed by atoms with Gasteiger partial charge in [0.1, 0.15) is 17.5 Å². The number of hydrogen-bond acceptors (Lipinski definition) is 4. The van der Waals surface area contributed by atoms with Gasteiger partial charge in [-0.2, -0.15) is 0 Å². The van der Waals surface area contributed by atoms with E-state index in [0.29, 0.717) is 6.54 Å². The monoisotopic (exact) mass is 422 g/mol. The van der Waals surface area contributed by atoms with Crippen molar-refractivity contribution in [2.24, 2.45) is 0 Å². The molecule has 1 unspecified atom stereocenters. The van der Waals surface area contributed by atoms with Crippen LogP contribution in [0.25, 0.3) is 0 Å². The lowest BCUT2D eigenvalue weighted by molar-refractivity contribution is -0.125. The summed E-state index contributed by atoms with van der Waals surface area (Å²) < 4.78 is 0. The fourth-order valence-corrected chi connectivity index (χ4v) is 3.78. The van der Waals surface area contributed by atoms with Crippen molar-refractivity contribution in [3.8, 4) is 11.5 Å². The molecule has 7 heteroatoms. The maximum atomic E-state index is 13.2. The van der Waals surface area contributed by atoms with Gasteiger partial charge >= 0.3 is 0 Å². The van der Waals surface area contributed by atoms with Crippen molar-refractivity contribution in [3.63, 3.8) is 0 Å². The third kappa shape index (κ3) is 3.69. The minimum Gasteiger partial charge on any atom is -0.507 e. The van der Waals surface area contributed by atoms with Crippen LogP contribution in [0.3, 0.4) is 0 Å². The van der Waals surface area contributed by atoms with Crippen molar-refractivity contribution in [1.82, 2.24) is 10.2 Å². The molecule has 3 aromatic carbocycles. The Morgan fingerprint density at radius 3 is 2.47 bits per heavy atom. The molecule has 1 heterocycles. The average Bonchev–Trinajstić information content (AvgIpc) is 3.14. The van der Waals surface area contributed by atoms with Crippen LogP contribution < -0.4 is 5.32 Å². The van der Waals surface area contributed by atoms with E-state index in [9.17, 15) is 19.8 Å². The minimum atomic E-state index is -0.843. The number of benzene rings is 3. The van der Waals surface area contributed by atoms with Crippen LogP contribution in [0.4, 0.5) is 0 Å². The molecule has 152 valence electrons. The van der Waals surface area contributed by atoms with Crippen molar-refractivity contribution >= 4 is 23.4 Å². The number of nitrogens with zero attached hydrogens (tertiary/aromatic N) is 1. The van der Waals surface area contributed by atoms with E-state index in [4.69, 9.17) is 11.6 Å². The molecular formula is C23H19ClN2O4. The Hall–Kier alpha value is -3.51. The molecule has 0 saturated heterocycles. The predicted molar refractivity (Wildman–Crippen MR) is 112 cm³/mol. The number of phenolic OH excluding ortho intramolecular Hbond substituents is 2. The molecule has 1 aliphatic heterocycles. The summed E-state index contributed by atoms with van der Waals surface area (Å²) in [6, 6.07) is 18.2. The Kier molecular flexibility index (Phi) is 5.33. The summed E-state index contributed by atoms with van der Waals surface area (Å²) in [6.45, 7) is 0.549. The standard InChI is InChI=1S/C23H19ClN2O4/c24-18-10-17(19(27)11-20(18)28)23(30)26-13-15-8-4-5-9-16(15)21(26)22(29)25-12-14-6-2-1-3-7-14/h1-11,21,27-28H,12-13H2,(H,25,29). The van der Waals surface area contributed by atoms with Gasteiger partial charge < -0.3 is 20.4 Å². The zero-order chi connectivity index (χ0) is 21.3. The molecule has 30 heavy (non-hydrogen) atoms. The number of amides is 2. The van der Waals surface area contributed by atoms with E-state index in [1.54, 1.807) is 0 Å². The Bertz CT molecular complexity index is 1120. The van der Waals surface area contributed by atoms with E-state index in [2.05, 4.69) is 5.32 Å². The van der Waals surface area contributed by atoms with Crippen LogP contribution in [-0.2, 0) is 17.9 Å². The predicted octanol–water partition coefficient (Wildman–Crippen LogP) is 3.76. The second kappa shape index (κ2) is 8.08. The number of aromatic hydroxyl groups is 2. The number of hydrogen-bond donors (Lipinski definition) is 3. The molecule has 0 saturated carbocycles. The lowest BCUT2D eigenvalue weighted by Crippen LogP contribution is -2.39. The zero-order valence-electron chi connectivity index (χ0n) is 15.9. The van der Waals surface area contributed by atoms with Gasteiger partial charge in [0.25, 0.3) is 5.91 Å². The third-order valence-electron chi connectivity index (χ3n) is 5.12. The molecule has 6 nitrogen and oxygen atoms in total. The van der Waals surface area contributed by atoms with Crippen LogP contribution in [0.2, 0.25) is 5.02 Å². The summed E-state index contributed by atoms with van der Waals surface area (Å²) >= 11 is 5.93. The van der Waals surface area contributed by atoms with E-state index in [0.717, 1.165) is 22.8 Å². The Labute approximate surface area is 178 Å². The van der Waals surface area contributed by atoms with Gasteiger partial charge in [-0.1, -0.05) is 66.2 Å². The highest BCUT2D eigenvalue weighted by atomic mass is 35.5. The van der Waals surface area contributed by atoms with Crippen LogP contribution in [0, 0.1) is 0 Å². The first-order valence-electron chi connectivity index (χ1n) is 9.37. The van der Waals surface area contributed by atoms with Gasteiger partial charge in [0, 0.05) is 19.2 Å². The van der Waals surface area contributed by atoms with Crippen molar-refractivity contribution in [3.05, 3.63) is 94.0 Å². The molecule has 2 amide bonds. The van der Waals surface area contributed by atoms with Crippen molar-refractivity contribution in [1.29, 1.82) is 0 Å². The van der Waals surface area contributed by atoms with E-state index < -0.39 is 17.7 Å². The zero-order valence-corrected chi connectivity index (χ0v) is 16.6. The van der Waals surface area contributed by atoms with Gasteiger partial charge in [0.2, 0.25) is 5.91 Å². The molecule has 0 radical (unpaired) electrons. The number of nitrogens with one attached hydrogen (secondary N) is 1. The minimum absolute atomic E-state index is 0.0575. The maximum absolute atomic E-state index is 13.2. The third-order valence-corrected chi connectivity index (χ3v) is 5.42. The van der Waals surface area contributed by atoms with Crippen molar-refractivity contribution in [2.75, 3.05) is 0 Å². The highest BCUT2D eigenvalue weighted by molar-refractivity contribution is 6.32. The second-order valence-corrected chi connectivity index (χ2v) is 7.47. The Balaban J connectivity index is 1.64. The largest absolute Gasteiger partial charge is 0.507 e. The van der Waals surface area contributed by atoms with E-state index in [1.165, 1.54) is 11.0 Å². The molecule has 3 aromatic rings. The van der Waals surface area contributed by atoms with Crippen LogP contribution in [0.15, 0.2) is 66.7 Å². The molecule has 0 fully saturated rings. The first-order valence-corrected chi connectivity index (χ1v) is 9.75. The van der Waals surface area contributed by atoms with Gasteiger partial charge in [0.15, 0.2) is 0 Å². The fourth-order valence-electron chi connectivity index (χ4n) is 3.62. The Morgan fingerprint density at radius 2 is 1.70 bits per heavy atom. The van der Waals surface area contributed by atoms with Crippen molar-refractivity contribution in [2.45, 2.75) is 19.1 Å². The summed E-state index contributed by atoms with van der Waals surface area (Å²) in [5.41, 5.74) is 2.46. The molecule has 3 N–H and O–H groups in total. The lowest BCUT2D eigenvalue weighted by Gasteiger charge is -2.25. The van der Waals surface area contributed by atoms with Gasteiger partial charge in [-0.3, -0.25) is 9.59 Å². The number of phenols is 2. The number of rotatable bonds is 4. The smallest absolute Gasteiger partial charge is 0.258 e. The molecule has 1 aliphatic rings. The van der Waals surface area contributed by atoms with E-state index in [1.807, 2.05) is 54.6 Å². The van der Waals surface area contributed by atoms with Crippen LogP contribution in [-0.4, -0.2) is 26.9 Å². The molecule has 0 aliphatic carbocycles. The topological polar surface area (TPSA) is 89.9 Å². The van der Waals surface area contributed by atoms with Gasteiger partial charge in [-0.25, -0.2) is 0 Å². The molecule has 1 atom stereocenters. The average molecular weight is 423 g/mol. The van der Waals surface area contributed by atoms with Crippen LogP contribution in [0.1, 0.15) is 33.1 Å². The van der Waals surface area contributed by atoms with Crippen LogP contribution >= 0.6 is 11.6 Å². The highest BCUT2D eigenvalue weighted by Gasteiger charge is 2.39. The number of carbonyl (C=O) groups excluding carboxylic acids is 2. The highest BCUT2D eigenvalue weighted by Crippen LogP contribution is 2.38. The molecule has 4 rings (SSSR count). The molecular weight excluding hydrogens is 404 g/mol. The summed E-state index contributed by atoms with van der Waals surface area (Å²) in [7, 11) is 0. The summed E-state index contributed by atoms with van der Waals surface area (Å²) in [5, 5.41) is 22.7. The van der Waals surface area contributed by atoms with Gasteiger partial charge in [-0.05, 0) is 22.8 Å². The summed E-state index contributed by atoms with van der Waals surface area (Å²) in [4.78, 5) is 27.7. The molecule has 0 aromatic heterocycles. The van der Waals surface area contributed by atoms with Crippen molar-refractivity contribution < 1.29 is 19.8 Å². The SMILES string of the molecule is O=C(NCc1ccccc1)C1c2ccccc2CN1C(=O)c1cc(Cl)c(O)cc1O. The summed E-state index contributed by atoms with van der Waals surface area (Å²) in [5.74, 6) is -1.60. The lowest BCUT2D eigenvalue weighted by atomic mass is 10.0. The fraction of sp³-hybridized carbons (Fsp3) is 0.130. The molecule has 0 spiro atoms. The van der Waals surface area contributed by atoms with Crippen LogP contribution in [0.5, 0.6) is 11.5 Å². The normalized spacial score (nSPS) is 15.0. The quantitative estimate of drug-likeness (QED) is 0.597.